The van der Waals surface area contributed by atoms with Gasteiger partial charge in [0.2, 0.25) is 0 Å². The highest BCUT2D eigenvalue weighted by Gasteiger charge is 2.48. The lowest BCUT2D eigenvalue weighted by Gasteiger charge is -2.38. The van der Waals surface area contributed by atoms with Crippen LogP contribution < -0.4 is 15.6 Å². The van der Waals surface area contributed by atoms with Crippen LogP contribution in [0.25, 0.3) is 5.69 Å². The number of nitrogens with zero attached hydrogens (tertiary/aromatic N) is 1. The standard InChI is InChI=1S/C19H15N3O4/c23-15-11-8-4-5-9-12(11)26-16-13(15)18(24)20-17-14(16)19(25)22(21-17)10-6-2-1-3-7-10/h1-9,13,16,18,20-21,24H. The number of fused-ring (bicyclic) bond motifs is 4. The molecule has 3 heterocycles. The van der Waals surface area contributed by atoms with Crippen LogP contribution in [-0.4, -0.2) is 26.9 Å². The van der Waals surface area contributed by atoms with Gasteiger partial charge in [-0.25, -0.2) is 4.68 Å². The van der Waals surface area contributed by atoms with Crippen molar-refractivity contribution in [3.63, 3.8) is 0 Å². The van der Waals surface area contributed by atoms with Gasteiger partial charge in [0.1, 0.15) is 35.4 Å². The van der Waals surface area contributed by atoms with Crippen LogP contribution in [0.3, 0.4) is 0 Å². The van der Waals surface area contributed by atoms with Gasteiger partial charge in [0.25, 0.3) is 5.56 Å². The maximum Gasteiger partial charge on any atom is 0.280 e. The van der Waals surface area contributed by atoms with E-state index in [-0.39, 0.29) is 11.3 Å². The molecule has 26 heavy (non-hydrogen) atoms. The number of carbonyl (C=O) groups excluding carboxylic acids is 1. The summed E-state index contributed by atoms with van der Waals surface area (Å²) in [5.74, 6) is -0.343. The van der Waals surface area contributed by atoms with E-state index in [2.05, 4.69) is 10.4 Å². The van der Waals surface area contributed by atoms with Crippen LogP contribution >= 0.6 is 0 Å². The fraction of sp³-hybridized carbons (Fsp3) is 0.158. The number of para-hydroxylation sites is 2. The predicted molar refractivity (Wildman–Crippen MR) is 93.7 cm³/mol. The number of anilines is 1. The SMILES string of the molecule is O=C1c2ccccc2OC2c3c([nH]n(-c4ccccc4)c3=O)NC(O)C12. The maximum absolute atomic E-state index is 13.0. The first-order valence-electron chi connectivity index (χ1n) is 8.30. The molecule has 5 rings (SSSR count). The fourth-order valence-corrected chi connectivity index (χ4v) is 3.67. The second-order valence-corrected chi connectivity index (χ2v) is 6.39. The van der Waals surface area contributed by atoms with E-state index >= 15 is 0 Å². The summed E-state index contributed by atoms with van der Waals surface area (Å²) in [5.41, 5.74) is 1.07. The van der Waals surface area contributed by atoms with Gasteiger partial charge in [-0.05, 0) is 24.3 Å². The van der Waals surface area contributed by atoms with E-state index in [1.54, 1.807) is 36.4 Å². The van der Waals surface area contributed by atoms with Gasteiger partial charge in [-0.15, -0.1) is 0 Å². The molecular weight excluding hydrogens is 334 g/mol. The molecule has 3 aromatic rings. The number of aromatic amines is 1. The average molecular weight is 349 g/mol. The normalized spacial score (nSPS) is 23.3. The van der Waals surface area contributed by atoms with Crippen molar-refractivity contribution >= 4 is 11.6 Å². The lowest BCUT2D eigenvalue weighted by Crippen LogP contribution is -2.47. The molecule has 7 nitrogen and oxygen atoms in total. The monoisotopic (exact) mass is 349 g/mol. The highest BCUT2D eigenvalue weighted by molar-refractivity contribution is 6.02. The topological polar surface area (TPSA) is 96.4 Å². The van der Waals surface area contributed by atoms with E-state index in [4.69, 9.17) is 4.74 Å². The van der Waals surface area contributed by atoms with E-state index < -0.39 is 18.2 Å². The quantitative estimate of drug-likeness (QED) is 0.623. The summed E-state index contributed by atoms with van der Waals surface area (Å²) in [4.78, 5) is 25.9. The number of benzene rings is 2. The third-order valence-corrected chi connectivity index (χ3v) is 4.89. The average Bonchev–Trinajstić information content (AvgIpc) is 2.99. The molecule has 3 N–H and O–H groups in total. The molecule has 0 saturated heterocycles. The molecular formula is C19H15N3O4. The van der Waals surface area contributed by atoms with Gasteiger partial charge in [-0.1, -0.05) is 30.3 Å². The highest BCUT2D eigenvalue weighted by Crippen LogP contribution is 2.43. The Balaban J connectivity index is 1.69. The minimum Gasteiger partial charge on any atom is -0.484 e. The van der Waals surface area contributed by atoms with Crippen molar-refractivity contribution in [2.75, 3.05) is 5.32 Å². The number of nitrogens with one attached hydrogen (secondary N) is 2. The third kappa shape index (κ3) is 1.98. The van der Waals surface area contributed by atoms with E-state index in [1.807, 2.05) is 18.2 Å². The Labute approximate surface area is 147 Å². The van der Waals surface area contributed by atoms with Crippen LogP contribution in [0, 0.1) is 5.92 Å². The number of ketones is 1. The van der Waals surface area contributed by atoms with Gasteiger partial charge >= 0.3 is 0 Å². The van der Waals surface area contributed by atoms with E-state index in [0.717, 1.165) is 0 Å². The molecule has 130 valence electrons. The molecule has 2 aliphatic rings. The van der Waals surface area contributed by atoms with Crippen LogP contribution in [-0.2, 0) is 0 Å². The Bertz CT molecular complexity index is 1070. The Morgan fingerprint density at radius 3 is 2.54 bits per heavy atom. The summed E-state index contributed by atoms with van der Waals surface area (Å²) in [6.07, 6.45) is -2.01. The molecule has 2 aliphatic heterocycles. The zero-order valence-corrected chi connectivity index (χ0v) is 13.5. The Hall–Kier alpha value is -3.32. The maximum atomic E-state index is 13.0. The van der Waals surface area contributed by atoms with E-state index in [9.17, 15) is 14.7 Å². The Morgan fingerprint density at radius 2 is 1.73 bits per heavy atom. The second-order valence-electron chi connectivity index (χ2n) is 6.39. The largest absolute Gasteiger partial charge is 0.484 e. The third-order valence-electron chi connectivity index (χ3n) is 4.89. The molecule has 0 bridgehead atoms. The first-order chi connectivity index (χ1) is 12.6. The highest BCUT2D eigenvalue weighted by atomic mass is 16.5. The molecule has 1 aromatic heterocycles. The zero-order valence-electron chi connectivity index (χ0n) is 13.5. The lowest BCUT2D eigenvalue weighted by molar-refractivity contribution is 0.0211. The minimum atomic E-state index is -1.16. The molecule has 0 spiro atoms. The van der Waals surface area contributed by atoms with Gasteiger partial charge in [0.05, 0.1) is 11.3 Å². The number of rotatable bonds is 1. The van der Waals surface area contributed by atoms with Gasteiger partial charge in [0, 0.05) is 0 Å². The van der Waals surface area contributed by atoms with Gasteiger partial charge in [-0.3, -0.25) is 14.7 Å². The number of Topliss-reactive ketones (excluding diaryl/α,β-unsaturated/α-hetero) is 1. The van der Waals surface area contributed by atoms with Crippen LogP contribution in [0.1, 0.15) is 22.0 Å². The molecule has 0 aliphatic carbocycles. The summed E-state index contributed by atoms with van der Waals surface area (Å²) in [7, 11) is 0. The second kappa shape index (κ2) is 5.34. The number of aliphatic hydroxyl groups excluding tert-OH is 1. The van der Waals surface area contributed by atoms with Gasteiger partial charge < -0.3 is 15.2 Å². The van der Waals surface area contributed by atoms with Crippen molar-refractivity contribution in [3.05, 3.63) is 76.1 Å². The Morgan fingerprint density at radius 1 is 1.00 bits per heavy atom. The molecule has 0 saturated carbocycles. The van der Waals surface area contributed by atoms with Crippen molar-refractivity contribution in [1.82, 2.24) is 9.78 Å². The number of aromatic nitrogens is 2. The fourth-order valence-electron chi connectivity index (χ4n) is 3.67. The first-order valence-corrected chi connectivity index (χ1v) is 8.30. The summed E-state index contributed by atoms with van der Waals surface area (Å²) in [6.45, 7) is 0. The summed E-state index contributed by atoms with van der Waals surface area (Å²) in [5, 5.41) is 16.3. The van der Waals surface area contributed by atoms with Crippen molar-refractivity contribution in [2.45, 2.75) is 12.3 Å². The van der Waals surface area contributed by atoms with Crippen molar-refractivity contribution < 1.29 is 14.6 Å². The molecule has 0 amide bonds. The number of carbonyl (C=O) groups is 1. The van der Waals surface area contributed by atoms with Crippen LogP contribution in [0.4, 0.5) is 5.82 Å². The van der Waals surface area contributed by atoms with Crippen LogP contribution in [0.2, 0.25) is 0 Å². The molecule has 3 atom stereocenters. The smallest absolute Gasteiger partial charge is 0.280 e. The van der Waals surface area contributed by atoms with Gasteiger partial charge in [-0.2, -0.15) is 0 Å². The van der Waals surface area contributed by atoms with Crippen molar-refractivity contribution in [2.24, 2.45) is 5.92 Å². The van der Waals surface area contributed by atoms with Crippen molar-refractivity contribution in [1.29, 1.82) is 0 Å². The predicted octanol–water partition coefficient (Wildman–Crippen LogP) is 1.84. The zero-order chi connectivity index (χ0) is 17.8. The minimum absolute atomic E-state index is 0.241. The van der Waals surface area contributed by atoms with E-state index in [0.29, 0.717) is 28.4 Å². The number of hydrogen-bond donors (Lipinski definition) is 3. The first kappa shape index (κ1) is 15.0. The number of aliphatic hydroxyl groups is 1. The van der Waals surface area contributed by atoms with Crippen molar-refractivity contribution in [3.8, 4) is 11.4 Å². The molecule has 0 radical (unpaired) electrons. The lowest BCUT2D eigenvalue weighted by atomic mass is 9.83. The molecule has 7 heteroatoms. The number of H-pyrrole nitrogens is 1. The number of ether oxygens (including phenoxy) is 1. The molecule has 0 fully saturated rings. The molecule has 3 unspecified atom stereocenters. The Kier molecular flexibility index (Phi) is 3.07. The van der Waals surface area contributed by atoms with Crippen LogP contribution in [0.5, 0.6) is 5.75 Å². The van der Waals surface area contributed by atoms with Gasteiger partial charge in [0.15, 0.2) is 5.78 Å². The summed E-state index contributed by atoms with van der Waals surface area (Å²) in [6, 6.07) is 16.0. The van der Waals surface area contributed by atoms with Crippen LogP contribution in [0.15, 0.2) is 59.4 Å². The number of hydrogen-bond acceptors (Lipinski definition) is 5. The summed E-state index contributed by atoms with van der Waals surface area (Å²) < 4.78 is 7.36. The summed E-state index contributed by atoms with van der Waals surface area (Å²) >= 11 is 0. The van der Waals surface area contributed by atoms with E-state index in [1.165, 1.54) is 4.68 Å². The molecule has 2 aromatic carbocycles.